The molecular formula is C27H24F3N5O3. The summed E-state index contributed by atoms with van der Waals surface area (Å²) < 4.78 is 44.1. The molecule has 1 fully saturated rings. The van der Waals surface area contributed by atoms with E-state index in [0.717, 1.165) is 17.8 Å². The summed E-state index contributed by atoms with van der Waals surface area (Å²) in [6.45, 7) is 2.63. The lowest BCUT2D eigenvalue weighted by molar-refractivity contribution is -0.137. The minimum Gasteiger partial charge on any atom is -0.435 e. The number of alkyl halides is 3. The summed E-state index contributed by atoms with van der Waals surface area (Å²) in [6.07, 6.45) is -3.69. The Kier molecular flexibility index (Phi) is 6.77. The average molecular weight is 524 g/mol. The Hall–Kier alpha value is -4.38. The number of carbonyl (C=O) groups excluding carboxylic acids is 2. The second kappa shape index (κ2) is 10.2. The van der Waals surface area contributed by atoms with E-state index in [1.54, 1.807) is 30.3 Å². The van der Waals surface area contributed by atoms with Gasteiger partial charge in [0, 0.05) is 48.8 Å². The molecule has 1 saturated heterocycles. The molecule has 38 heavy (non-hydrogen) atoms. The molecule has 0 unspecified atom stereocenters. The summed E-state index contributed by atoms with van der Waals surface area (Å²) in [7, 11) is 0. The van der Waals surface area contributed by atoms with E-state index < -0.39 is 11.7 Å². The van der Waals surface area contributed by atoms with Crippen molar-refractivity contribution in [2.75, 3.05) is 48.7 Å². The summed E-state index contributed by atoms with van der Waals surface area (Å²) in [5.41, 5.74) is 8.74. The Morgan fingerprint density at radius 3 is 2.34 bits per heavy atom. The molecule has 5 rings (SSSR count). The van der Waals surface area contributed by atoms with Crippen LogP contribution in [0.15, 0.2) is 65.1 Å². The van der Waals surface area contributed by atoms with E-state index in [4.69, 9.17) is 10.2 Å². The Balaban J connectivity index is 1.15. The van der Waals surface area contributed by atoms with Gasteiger partial charge in [0.1, 0.15) is 5.52 Å². The topological polar surface area (TPSA) is 105 Å². The van der Waals surface area contributed by atoms with Gasteiger partial charge in [0.2, 0.25) is 11.8 Å². The number of aromatic nitrogens is 1. The van der Waals surface area contributed by atoms with Crippen molar-refractivity contribution in [1.82, 2.24) is 9.88 Å². The summed E-state index contributed by atoms with van der Waals surface area (Å²) in [4.78, 5) is 32.3. The predicted octanol–water partition coefficient (Wildman–Crippen LogP) is 4.67. The van der Waals surface area contributed by atoms with E-state index in [1.807, 2.05) is 9.80 Å². The van der Waals surface area contributed by atoms with Gasteiger partial charge in [-0.1, -0.05) is 0 Å². The molecule has 8 nitrogen and oxygen atoms in total. The summed E-state index contributed by atoms with van der Waals surface area (Å²) in [5.74, 6) is 0.159. The maximum atomic E-state index is 12.8. The largest absolute Gasteiger partial charge is 0.435 e. The van der Waals surface area contributed by atoms with Gasteiger partial charge in [-0.2, -0.15) is 13.2 Å². The van der Waals surface area contributed by atoms with Crippen LogP contribution in [0.4, 0.5) is 30.2 Å². The maximum absolute atomic E-state index is 12.8. The van der Waals surface area contributed by atoms with E-state index in [1.165, 1.54) is 18.2 Å². The van der Waals surface area contributed by atoms with Gasteiger partial charge in [-0.15, -0.1) is 0 Å². The van der Waals surface area contributed by atoms with Crippen molar-refractivity contribution in [2.45, 2.75) is 6.18 Å². The Morgan fingerprint density at radius 2 is 1.71 bits per heavy atom. The van der Waals surface area contributed by atoms with Gasteiger partial charge in [-0.05, 0) is 60.7 Å². The molecule has 4 aromatic rings. The van der Waals surface area contributed by atoms with Crippen molar-refractivity contribution < 1.29 is 27.2 Å². The monoisotopic (exact) mass is 523 g/mol. The van der Waals surface area contributed by atoms with Gasteiger partial charge in [0.25, 0.3) is 0 Å². The number of halogens is 3. The van der Waals surface area contributed by atoms with E-state index in [9.17, 15) is 22.8 Å². The van der Waals surface area contributed by atoms with Crippen molar-refractivity contribution in [1.29, 1.82) is 0 Å². The van der Waals surface area contributed by atoms with E-state index >= 15 is 0 Å². The number of fused-ring (bicyclic) bond motifs is 1. The van der Waals surface area contributed by atoms with Crippen LogP contribution in [-0.2, 0) is 11.0 Å². The standard InChI is InChI=1S/C27H24F3N5O3/c28-27(29,30)19-3-7-22(8-4-19)35-11-9-34(10-12-35)15-24(37)32-21-5-1-17(2-6-21)26-33-23-14-20(31)13-18(16-36)25(23)38-26/h1-8,13-14,16H,9-12,15,31H2,(H,32,37). The lowest BCUT2D eigenvalue weighted by Crippen LogP contribution is -2.48. The number of oxazole rings is 1. The Labute approximate surface area is 215 Å². The highest BCUT2D eigenvalue weighted by atomic mass is 19.4. The molecule has 1 aliphatic heterocycles. The zero-order valence-electron chi connectivity index (χ0n) is 20.2. The van der Waals surface area contributed by atoms with Gasteiger partial charge >= 0.3 is 6.18 Å². The molecule has 0 spiro atoms. The minimum atomic E-state index is -4.36. The van der Waals surface area contributed by atoms with Crippen LogP contribution >= 0.6 is 0 Å². The maximum Gasteiger partial charge on any atom is 0.416 e. The van der Waals surface area contributed by atoms with Gasteiger partial charge < -0.3 is 20.4 Å². The van der Waals surface area contributed by atoms with E-state index in [0.29, 0.717) is 72.0 Å². The number of aldehydes is 1. The van der Waals surface area contributed by atoms with Gasteiger partial charge in [0.15, 0.2) is 11.9 Å². The fraction of sp³-hybridized carbons (Fsp3) is 0.222. The zero-order chi connectivity index (χ0) is 26.9. The smallest absolute Gasteiger partial charge is 0.416 e. The zero-order valence-corrected chi connectivity index (χ0v) is 20.2. The molecule has 0 bridgehead atoms. The fourth-order valence-corrected chi connectivity index (χ4v) is 4.42. The minimum absolute atomic E-state index is 0.173. The van der Waals surface area contributed by atoms with E-state index in [-0.39, 0.29) is 12.5 Å². The lowest BCUT2D eigenvalue weighted by Gasteiger charge is -2.35. The molecule has 1 amide bonds. The summed E-state index contributed by atoms with van der Waals surface area (Å²) in [6, 6.07) is 15.3. The number of amides is 1. The van der Waals surface area contributed by atoms with Crippen molar-refractivity contribution in [2.24, 2.45) is 0 Å². The number of nitrogen functional groups attached to an aromatic ring is 1. The Bertz CT molecular complexity index is 1460. The molecule has 11 heteroatoms. The molecule has 1 aromatic heterocycles. The lowest BCUT2D eigenvalue weighted by atomic mass is 10.1. The molecule has 196 valence electrons. The first kappa shape index (κ1) is 25.3. The third-order valence-electron chi connectivity index (χ3n) is 6.38. The average Bonchev–Trinajstić information content (AvgIpc) is 3.32. The van der Waals surface area contributed by atoms with Gasteiger partial charge in [0.05, 0.1) is 17.7 Å². The fourth-order valence-electron chi connectivity index (χ4n) is 4.42. The van der Waals surface area contributed by atoms with Crippen molar-refractivity contribution in [3.05, 3.63) is 71.8 Å². The molecule has 1 aliphatic rings. The highest BCUT2D eigenvalue weighted by Crippen LogP contribution is 2.31. The van der Waals surface area contributed by atoms with Crippen molar-refractivity contribution in [3.8, 4) is 11.5 Å². The van der Waals surface area contributed by atoms with Crippen LogP contribution < -0.4 is 16.0 Å². The SMILES string of the molecule is Nc1cc(C=O)c2oc(-c3ccc(NC(=O)CN4CCN(c5ccc(C(F)(F)F)cc5)CC4)cc3)nc2c1. The normalized spacial score (nSPS) is 14.6. The number of nitrogens with one attached hydrogen (secondary N) is 1. The second-order valence-electron chi connectivity index (χ2n) is 9.03. The predicted molar refractivity (Wildman–Crippen MR) is 138 cm³/mol. The Morgan fingerprint density at radius 1 is 1.03 bits per heavy atom. The van der Waals surface area contributed by atoms with Crippen LogP contribution in [0.2, 0.25) is 0 Å². The van der Waals surface area contributed by atoms with Crippen LogP contribution in [0.25, 0.3) is 22.6 Å². The summed E-state index contributed by atoms with van der Waals surface area (Å²) in [5, 5.41) is 2.87. The number of piperazine rings is 1. The summed E-state index contributed by atoms with van der Waals surface area (Å²) >= 11 is 0. The van der Waals surface area contributed by atoms with Crippen molar-refractivity contribution >= 4 is 40.4 Å². The van der Waals surface area contributed by atoms with Crippen molar-refractivity contribution in [3.63, 3.8) is 0 Å². The molecule has 0 atom stereocenters. The van der Waals surface area contributed by atoms with Gasteiger partial charge in [-0.25, -0.2) is 4.98 Å². The third kappa shape index (κ3) is 5.47. The van der Waals surface area contributed by atoms with Crippen LogP contribution in [0, 0.1) is 0 Å². The number of anilines is 3. The number of nitrogens with zero attached hydrogens (tertiary/aromatic N) is 3. The second-order valence-corrected chi connectivity index (χ2v) is 9.03. The first-order valence-electron chi connectivity index (χ1n) is 11.9. The molecule has 0 aliphatic carbocycles. The molecule has 3 aromatic carbocycles. The molecule has 2 heterocycles. The first-order valence-corrected chi connectivity index (χ1v) is 11.9. The molecule has 3 N–H and O–H groups in total. The number of rotatable bonds is 6. The van der Waals surface area contributed by atoms with Crippen LogP contribution in [-0.4, -0.2) is 54.8 Å². The number of hydrogen-bond donors (Lipinski definition) is 2. The van der Waals surface area contributed by atoms with Crippen LogP contribution in [0.5, 0.6) is 0 Å². The highest BCUT2D eigenvalue weighted by Gasteiger charge is 2.30. The number of hydrogen-bond acceptors (Lipinski definition) is 7. The van der Waals surface area contributed by atoms with Crippen LogP contribution in [0.3, 0.4) is 0 Å². The molecular weight excluding hydrogens is 499 g/mol. The van der Waals surface area contributed by atoms with Gasteiger partial charge in [-0.3, -0.25) is 14.5 Å². The van der Waals surface area contributed by atoms with Crippen LogP contribution in [0.1, 0.15) is 15.9 Å². The molecule has 0 radical (unpaired) electrons. The highest BCUT2D eigenvalue weighted by molar-refractivity contribution is 5.96. The first-order chi connectivity index (χ1) is 18.2. The third-order valence-corrected chi connectivity index (χ3v) is 6.38. The number of benzene rings is 3. The number of carbonyl (C=O) groups is 2. The number of nitrogens with two attached hydrogens (primary N) is 1. The molecule has 0 saturated carbocycles. The van der Waals surface area contributed by atoms with E-state index in [2.05, 4.69) is 10.3 Å². The quantitative estimate of drug-likeness (QED) is 0.280.